The van der Waals surface area contributed by atoms with E-state index in [1.54, 1.807) is 12.1 Å². The van der Waals surface area contributed by atoms with Gasteiger partial charge in [-0.2, -0.15) is 0 Å². The van der Waals surface area contributed by atoms with E-state index in [4.69, 9.17) is 4.74 Å². The Bertz CT molecular complexity index is 416. The lowest BCUT2D eigenvalue weighted by Gasteiger charge is -2.25. The van der Waals surface area contributed by atoms with Gasteiger partial charge in [-0.3, -0.25) is 10.1 Å². The minimum Gasteiger partial charge on any atom is -0.497 e. The van der Waals surface area contributed by atoms with Gasteiger partial charge in [-0.05, 0) is 26.3 Å². The zero-order valence-electron chi connectivity index (χ0n) is 10.6. The van der Waals surface area contributed by atoms with Gasteiger partial charge in [-0.15, -0.1) is 0 Å². The van der Waals surface area contributed by atoms with E-state index >= 15 is 0 Å². The van der Waals surface area contributed by atoms with Gasteiger partial charge in [-0.1, -0.05) is 6.92 Å². The van der Waals surface area contributed by atoms with Crippen molar-refractivity contribution in [2.75, 3.05) is 12.4 Å². The summed E-state index contributed by atoms with van der Waals surface area (Å²) >= 11 is 0. The van der Waals surface area contributed by atoms with E-state index in [0.717, 1.165) is 6.42 Å². The molecule has 0 saturated carbocycles. The molecule has 0 amide bonds. The summed E-state index contributed by atoms with van der Waals surface area (Å²) in [6, 6.07) is 4.69. The van der Waals surface area contributed by atoms with Crippen LogP contribution in [-0.4, -0.2) is 17.6 Å². The predicted molar refractivity (Wildman–Crippen MR) is 67.6 cm³/mol. The van der Waals surface area contributed by atoms with Crippen molar-refractivity contribution < 1.29 is 9.66 Å². The first-order chi connectivity index (χ1) is 7.89. The maximum Gasteiger partial charge on any atom is 0.292 e. The largest absolute Gasteiger partial charge is 0.497 e. The molecule has 5 nitrogen and oxygen atoms in total. The number of nitrogens with one attached hydrogen (secondary N) is 1. The van der Waals surface area contributed by atoms with Gasteiger partial charge in [0.1, 0.15) is 11.4 Å². The fourth-order valence-electron chi connectivity index (χ4n) is 1.35. The minimum atomic E-state index is -0.395. The molecular formula is C12H18N2O3. The fraction of sp³-hybridized carbons (Fsp3) is 0.500. The van der Waals surface area contributed by atoms with Crippen LogP contribution >= 0.6 is 0 Å². The second-order valence-electron chi connectivity index (χ2n) is 4.50. The molecule has 0 aliphatic carbocycles. The van der Waals surface area contributed by atoms with Crippen molar-refractivity contribution in [2.45, 2.75) is 32.7 Å². The molecule has 1 aromatic carbocycles. The third-order valence-corrected chi connectivity index (χ3v) is 2.76. The topological polar surface area (TPSA) is 64.4 Å². The SMILES string of the molecule is CCC(C)(C)Nc1cc(OC)ccc1[N+](=O)[O-]. The second-order valence-corrected chi connectivity index (χ2v) is 4.50. The fourth-order valence-corrected chi connectivity index (χ4v) is 1.35. The Morgan fingerprint density at radius 2 is 2.12 bits per heavy atom. The quantitative estimate of drug-likeness (QED) is 0.632. The smallest absolute Gasteiger partial charge is 0.292 e. The monoisotopic (exact) mass is 238 g/mol. The Morgan fingerprint density at radius 1 is 1.47 bits per heavy atom. The molecule has 5 heteroatoms. The summed E-state index contributed by atoms with van der Waals surface area (Å²) in [4.78, 5) is 10.5. The lowest BCUT2D eigenvalue weighted by Crippen LogP contribution is -2.29. The van der Waals surface area contributed by atoms with Crippen LogP contribution in [0.5, 0.6) is 5.75 Å². The molecule has 0 unspecified atom stereocenters. The molecule has 0 bridgehead atoms. The van der Waals surface area contributed by atoms with Crippen LogP contribution in [0.3, 0.4) is 0 Å². The predicted octanol–water partition coefficient (Wildman–Crippen LogP) is 3.20. The molecule has 1 N–H and O–H groups in total. The van der Waals surface area contributed by atoms with E-state index in [9.17, 15) is 10.1 Å². The standard InChI is InChI=1S/C12H18N2O3/c1-5-12(2,3)13-10-8-9(17-4)6-7-11(10)14(15)16/h6-8,13H,5H2,1-4H3. The molecule has 17 heavy (non-hydrogen) atoms. The third-order valence-electron chi connectivity index (χ3n) is 2.76. The molecule has 0 aliphatic heterocycles. The summed E-state index contributed by atoms with van der Waals surface area (Å²) in [5.41, 5.74) is 0.352. The number of anilines is 1. The second kappa shape index (κ2) is 5.03. The van der Waals surface area contributed by atoms with Crippen molar-refractivity contribution in [1.29, 1.82) is 0 Å². The van der Waals surface area contributed by atoms with Crippen LogP contribution in [0.4, 0.5) is 11.4 Å². The van der Waals surface area contributed by atoms with Crippen LogP contribution in [-0.2, 0) is 0 Å². The van der Waals surface area contributed by atoms with Gasteiger partial charge < -0.3 is 10.1 Å². The van der Waals surface area contributed by atoms with Gasteiger partial charge in [-0.25, -0.2) is 0 Å². The molecule has 0 spiro atoms. The van der Waals surface area contributed by atoms with Crippen molar-refractivity contribution >= 4 is 11.4 Å². The Hall–Kier alpha value is -1.78. The number of nitro benzene ring substituents is 1. The normalized spacial score (nSPS) is 11.1. The van der Waals surface area contributed by atoms with E-state index in [1.807, 2.05) is 20.8 Å². The number of rotatable bonds is 5. The molecule has 0 radical (unpaired) electrons. The van der Waals surface area contributed by atoms with E-state index in [-0.39, 0.29) is 11.2 Å². The summed E-state index contributed by atoms with van der Waals surface area (Å²) in [6.45, 7) is 6.02. The summed E-state index contributed by atoms with van der Waals surface area (Å²) < 4.78 is 5.08. The zero-order valence-corrected chi connectivity index (χ0v) is 10.6. The molecule has 0 heterocycles. The molecule has 0 atom stereocenters. The van der Waals surface area contributed by atoms with E-state index in [1.165, 1.54) is 13.2 Å². The highest BCUT2D eigenvalue weighted by molar-refractivity contribution is 5.65. The highest BCUT2D eigenvalue weighted by Crippen LogP contribution is 2.31. The van der Waals surface area contributed by atoms with Crippen molar-refractivity contribution in [3.63, 3.8) is 0 Å². The van der Waals surface area contributed by atoms with E-state index < -0.39 is 4.92 Å². The van der Waals surface area contributed by atoms with Gasteiger partial charge in [0, 0.05) is 17.7 Å². The minimum absolute atomic E-state index is 0.0623. The zero-order chi connectivity index (χ0) is 13.1. The number of hydrogen-bond acceptors (Lipinski definition) is 4. The van der Waals surface area contributed by atoms with E-state index in [2.05, 4.69) is 5.32 Å². The number of methoxy groups -OCH3 is 1. The molecule has 94 valence electrons. The average molecular weight is 238 g/mol. The summed E-state index contributed by atoms with van der Waals surface area (Å²) in [5.74, 6) is 0.602. The molecule has 0 aliphatic rings. The van der Waals surface area contributed by atoms with E-state index in [0.29, 0.717) is 11.4 Å². The Kier molecular flexibility index (Phi) is 3.93. The number of nitro groups is 1. The lowest BCUT2D eigenvalue weighted by atomic mass is 10.0. The Balaban J connectivity index is 3.13. The van der Waals surface area contributed by atoms with Crippen LogP contribution in [0.1, 0.15) is 27.2 Å². The molecule has 0 fully saturated rings. The third kappa shape index (κ3) is 3.34. The van der Waals surface area contributed by atoms with Crippen molar-refractivity contribution in [3.05, 3.63) is 28.3 Å². The summed E-state index contributed by atoms with van der Waals surface area (Å²) in [5, 5.41) is 14.1. The summed E-state index contributed by atoms with van der Waals surface area (Å²) in [7, 11) is 1.54. The molecule has 1 aromatic rings. The first-order valence-corrected chi connectivity index (χ1v) is 5.50. The lowest BCUT2D eigenvalue weighted by molar-refractivity contribution is -0.384. The van der Waals surface area contributed by atoms with Crippen LogP contribution < -0.4 is 10.1 Å². The van der Waals surface area contributed by atoms with Crippen LogP contribution in [0.25, 0.3) is 0 Å². The Labute approximate surface area is 101 Å². The van der Waals surface area contributed by atoms with Crippen LogP contribution in [0.2, 0.25) is 0 Å². The molecule has 1 rings (SSSR count). The number of hydrogen-bond donors (Lipinski definition) is 1. The summed E-state index contributed by atoms with van der Waals surface area (Å²) in [6.07, 6.45) is 0.862. The molecule has 0 aromatic heterocycles. The highest BCUT2D eigenvalue weighted by Gasteiger charge is 2.21. The van der Waals surface area contributed by atoms with Gasteiger partial charge in [0.15, 0.2) is 0 Å². The Morgan fingerprint density at radius 3 is 2.59 bits per heavy atom. The van der Waals surface area contributed by atoms with Crippen LogP contribution in [0.15, 0.2) is 18.2 Å². The molecular weight excluding hydrogens is 220 g/mol. The maximum absolute atomic E-state index is 10.9. The first kappa shape index (κ1) is 13.3. The number of ether oxygens (including phenoxy) is 1. The highest BCUT2D eigenvalue weighted by atomic mass is 16.6. The van der Waals surface area contributed by atoms with Gasteiger partial charge in [0.25, 0.3) is 5.69 Å². The van der Waals surface area contributed by atoms with Gasteiger partial charge in [0.05, 0.1) is 12.0 Å². The average Bonchev–Trinajstić information content (AvgIpc) is 2.28. The van der Waals surface area contributed by atoms with Gasteiger partial charge >= 0.3 is 0 Å². The molecule has 0 saturated heterocycles. The van der Waals surface area contributed by atoms with Crippen molar-refractivity contribution in [2.24, 2.45) is 0 Å². The van der Waals surface area contributed by atoms with Crippen LogP contribution in [0, 0.1) is 10.1 Å². The van der Waals surface area contributed by atoms with Crippen molar-refractivity contribution in [1.82, 2.24) is 0 Å². The van der Waals surface area contributed by atoms with Gasteiger partial charge in [0.2, 0.25) is 0 Å². The maximum atomic E-state index is 10.9. The first-order valence-electron chi connectivity index (χ1n) is 5.50. The number of nitrogens with zero attached hydrogens (tertiary/aromatic N) is 1. The van der Waals surface area contributed by atoms with Crippen molar-refractivity contribution in [3.8, 4) is 5.75 Å². The number of benzene rings is 1.